The fourth-order valence-electron chi connectivity index (χ4n) is 4.29. The van der Waals surface area contributed by atoms with Crippen LogP contribution in [0.1, 0.15) is 42.5 Å². The molecule has 1 aliphatic rings. The number of benzene rings is 1. The molecule has 0 aliphatic carbocycles. The first-order valence-electron chi connectivity index (χ1n) is 9.61. The molecule has 5 nitrogen and oxygen atoms in total. The number of aromatic nitrogens is 2. The van der Waals surface area contributed by atoms with Crippen LogP contribution in [0.15, 0.2) is 30.6 Å². The standard InChI is InChI=1S/C21H28FN5/c1-4-27-9-5-6-17(21(27)19-12-24-26(3)15-19)13-25(2)14-18-10-16(11-23)7-8-20(18)22/h7-8,10,12,15,17,21H,4-6,9,13-14H2,1-3H3/t17-,21+/m0/s1. The molecule has 1 aromatic heterocycles. The van der Waals surface area contributed by atoms with Gasteiger partial charge in [-0.3, -0.25) is 9.58 Å². The SMILES string of the molecule is CCN1CCC[C@@H](CN(C)Cc2cc(C#N)ccc2F)[C@@H]1c1cnn(C)c1. The van der Waals surface area contributed by atoms with Crippen molar-refractivity contribution < 1.29 is 4.39 Å². The quantitative estimate of drug-likeness (QED) is 0.784. The summed E-state index contributed by atoms with van der Waals surface area (Å²) in [6.45, 7) is 5.71. The zero-order chi connectivity index (χ0) is 19.4. The second-order valence-electron chi connectivity index (χ2n) is 7.54. The molecule has 1 aliphatic heterocycles. The monoisotopic (exact) mass is 369 g/mol. The molecule has 0 amide bonds. The average Bonchev–Trinajstić information content (AvgIpc) is 3.09. The first-order chi connectivity index (χ1) is 13.0. The van der Waals surface area contributed by atoms with Gasteiger partial charge in [0.25, 0.3) is 0 Å². The van der Waals surface area contributed by atoms with Gasteiger partial charge in [-0.15, -0.1) is 0 Å². The third-order valence-electron chi connectivity index (χ3n) is 5.49. The molecule has 2 aromatic rings. The zero-order valence-corrected chi connectivity index (χ0v) is 16.4. The van der Waals surface area contributed by atoms with E-state index in [0.717, 1.165) is 26.1 Å². The van der Waals surface area contributed by atoms with Crippen LogP contribution < -0.4 is 0 Å². The van der Waals surface area contributed by atoms with Crippen molar-refractivity contribution in [1.82, 2.24) is 19.6 Å². The van der Waals surface area contributed by atoms with Gasteiger partial charge in [0.05, 0.1) is 17.8 Å². The highest BCUT2D eigenvalue weighted by molar-refractivity contribution is 5.33. The van der Waals surface area contributed by atoms with Crippen LogP contribution in [0.4, 0.5) is 4.39 Å². The van der Waals surface area contributed by atoms with Crippen molar-refractivity contribution in [1.29, 1.82) is 5.26 Å². The Balaban J connectivity index is 1.75. The topological polar surface area (TPSA) is 48.1 Å². The number of nitrogens with zero attached hydrogens (tertiary/aromatic N) is 5. The Bertz CT molecular complexity index is 809. The maximum absolute atomic E-state index is 14.2. The second kappa shape index (κ2) is 8.64. The first-order valence-corrected chi connectivity index (χ1v) is 9.61. The van der Waals surface area contributed by atoms with E-state index in [9.17, 15) is 4.39 Å². The number of piperidine rings is 1. The lowest BCUT2D eigenvalue weighted by Crippen LogP contribution is -2.42. The van der Waals surface area contributed by atoms with E-state index in [0.29, 0.717) is 29.6 Å². The Labute approximate surface area is 161 Å². The van der Waals surface area contributed by atoms with Crippen LogP contribution in [0.5, 0.6) is 0 Å². The van der Waals surface area contributed by atoms with E-state index in [1.807, 2.05) is 25.0 Å². The summed E-state index contributed by atoms with van der Waals surface area (Å²) in [6.07, 6.45) is 6.42. The van der Waals surface area contributed by atoms with Crippen molar-refractivity contribution in [2.75, 3.05) is 26.7 Å². The number of likely N-dealkylation sites (tertiary alicyclic amines) is 1. The second-order valence-corrected chi connectivity index (χ2v) is 7.54. The molecule has 2 atom stereocenters. The van der Waals surface area contributed by atoms with Gasteiger partial charge in [0.2, 0.25) is 0 Å². The van der Waals surface area contributed by atoms with Crippen LogP contribution in [-0.4, -0.2) is 46.3 Å². The van der Waals surface area contributed by atoms with Gasteiger partial charge < -0.3 is 4.90 Å². The van der Waals surface area contributed by atoms with Crippen molar-refractivity contribution in [3.63, 3.8) is 0 Å². The third-order valence-corrected chi connectivity index (χ3v) is 5.49. The van der Waals surface area contributed by atoms with Gasteiger partial charge in [0.15, 0.2) is 0 Å². The molecule has 3 rings (SSSR count). The Morgan fingerprint density at radius 2 is 2.22 bits per heavy atom. The van der Waals surface area contributed by atoms with Crippen molar-refractivity contribution in [3.8, 4) is 6.07 Å². The van der Waals surface area contributed by atoms with Gasteiger partial charge in [-0.05, 0) is 57.1 Å². The maximum Gasteiger partial charge on any atom is 0.127 e. The fraction of sp³-hybridized carbons (Fsp3) is 0.524. The molecular weight excluding hydrogens is 341 g/mol. The molecule has 0 bridgehead atoms. The van der Waals surface area contributed by atoms with Gasteiger partial charge in [0, 0.05) is 43.5 Å². The Morgan fingerprint density at radius 3 is 2.89 bits per heavy atom. The number of aryl methyl sites for hydroxylation is 1. The lowest BCUT2D eigenvalue weighted by atomic mass is 9.85. The number of hydrogen-bond acceptors (Lipinski definition) is 4. The first kappa shape index (κ1) is 19.5. The Morgan fingerprint density at radius 1 is 1.41 bits per heavy atom. The van der Waals surface area contributed by atoms with Gasteiger partial charge in [0.1, 0.15) is 5.82 Å². The van der Waals surface area contributed by atoms with Gasteiger partial charge >= 0.3 is 0 Å². The average molecular weight is 369 g/mol. The van der Waals surface area contributed by atoms with Crippen LogP contribution >= 0.6 is 0 Å². The van der Waals surface area contributed by atoms with E-state index >= 15 is 0 Å². The number of nitriles is 1. The predicted molar refractivity (Wildman–Crippen MR) is 103 cm³/mol. The molecule has 0 saturated carbocycles. The van der Waals surface area contributed by atoms with Crippen LogP contribution in [0.2, 0.25) is 0 Å². The number of halogens is 1. The molecule has 2 heterocycles. The highest BCUT2D eigenvalue weighted by atomic mass is 19.1. The number of hydrogen-bond donors (Lipinski definition) is 0. The van der Waals surface area contributed by atoms with E-state index in [4.69, 9.17) is 5.26 Å². The van der Waals surface area contributed by atoms with Crippen LogP contribution in [0, 0.1) is 23.1 Å². The molecule has 6 heteroatoms. The highest BCUT2D eigenvalue weighted by Gasteiger charge is 2.33. The maximum atomic E-state index is 14.2. The summed E-state index contributed by atoms with van der Waals surface area (Å²) in [5, 5.41) is 13.4. The third kappa shape index (κ3) is 4.55. The Kier molecular flexibility index (Phi) is 6.25. The van der Waals surface area contributed by atoms with Gasteiger partial charge in [-0.1, -0.05) is 6.92 Å². The zero-order valence-electron chi connectivity index (χ0n) is 16.4. The summed E-state index contributed by atoms with van der Waals surface area (Å²) in [5.41, 5.74) is 2.34. The van der Waals surface area contributed by atoms with E-state index in [1.165, 1.54) is 24.1 Å². The van der Waals surface area contributed by atoms with Crippen LogP contribution in [0.25, 0.3) is 0 Å². The summed E-state index contributed by atoms with van der Waals surface area (Å²) in [7, 11) is 3.98. The number of rotatable bonds is 6. The normalized spacial score (nSPS) is 20.7. The molecular formula is C21H28FN5. The fourth-order valence-corrected chi connectivity index (χ4v) is 4.29. The summed E-state index contributed by atoms with van der Waals surface area (Å²) in [5.74, 6) is 0.221. The lowest BCUT2D eigenvalue weighted by molar-refractivity contribution is 0.0747. The molecule has 0 N–H and O–H groups in total. The predicted octanol–water partition coefficient (Wildman–Crippen LogP) is 3.34. The molecule has 1 saturated heterocycles. The molecule has 0 radical (unpaired) electrons. The molecule has 0 spiro atoms. The summed E-state index contributed by atoms with van der Waals surface area (Å²) in [4.78, 5) is 4.70. The summed E-state index contributed by atoms with van der Waals surface area (Å²) < 4.78 is 16.0. The summed E-state index contributed by atoms with van der Waals surface area (Å²) in [6, 6.07) is 7.01. The molecule has 1 fully saturated rings. The van der Waals surface area contributed by atoms with Crippen LogP contribution in [-0.2, 0) is 13.6 Å². The highest BCUT2D eigenvalue weighted by Crippen LogP contribution is 2.36. The molecule has 1 aromatic carbocycles. The molecule has 144 valence electrons. The minimum absolute atomic E-state index is 0.247. The lowest BCUT2D eigenvalue weighted by Gasteiger charge is -2.42. The van der Waals surface area contributed by atoms with Crippen LogP contribution in [0.3, 0.4) is 0 Å². The van der Waals surface area contributed by atoms with E-state index < -0.39 is 0 Å². The minimum atomic E-state index is -0.247. The van der Waals surface area contributed by atoms with Crippen molar-refractivity contribution in [2.24, 2.45) is 13.0 Å². The van der Waals surface area contributed by atoms with E-state index in [2.05, 4.69) is 34.1 Å². The van der Waals surface area contributed by atoms with Crippen molar-refractivity contribution in [3.05, 3.63) is 53.1 Å². The largest absolute Gasteiger partial charge is 0.302 e. The summed E-state index contributed by atoms with van der Waals surface area (Å²) >= 11 is 0. The van der Waals surface area contributed by atoms with Gasteiger partial charge in [-0.2, -0.15) is 10.4 Å². The minimum Gasteiger partial charge on any atom is -0.302 e. The smallest absolute Gasteiger partial charge is 0.127 e. The van der Waals surface area contributed by atoms with Crippen molar-refractivity contribution in [2.45, 2.75) is 32.4 Å². The molecule has 27 heavy (non-hydrogen) atoms. The van der Waals surface area contributed by atoms with E-state index in [-0.39, 0.29) is 5.82 Å². The van der Waals surface area contributed by atoms with E-state index in [1.54, 1.807) is 6.07 Å². The van der Waals surface area contributed by atoms with Crippen molar-refractivity contribution >= 4 is 0 Å². The molecule has 0 unspecified atom stereocenters. The Hall–Kier alpha value is -2.23. The van der Waals surface area contributed by atoms with Gasteiger partial charge in [-0.25, -0.2) is 4.39 Å².